The van der Waals surface area contributed by atoms with Gasteiger partial charge in [0, 0.05) is 22.3 Å². The smallest absolute Gasteiger partial charge is 0.306 e. The third-order valence-corrected chi connectivity index (χ3v) is 5.33. The highest BCUT2D eigenvalue weighted by Gasteiger charge is 2.13. The number of hydrogen-bond acceptors (Lipinski definition) is 4. The van der Waals surface area contributed by atoms with Gasteiger partial charge in [0.15, 0.2) is 6.61 Å². The Hall–Kier alpha value is -2.38. The Morgan fingerprint density at radius 3 is 2.36 bits per heavy atom. The third kappa shape index (κ3) is 6.35. The van der Waals surface area contributed by atoms with E-state index in [1.165, 1.54) is 0 Å². The summed E-state index contributed by atoms with van der Waals surface area (Å²) in [7, 11) is 0. The molecule has 2 rings (SSSR count). The Kier molecular flexibility index (Phi) is 8.02. The van der Waals surface area contributed by atoms with Crippen LogP contribution in [0.4, 0.5) is 11.4 Å². The van der Waals surface area contributed by atoms with Crippen molar-refractivity contribution in [1.29, 1.82) is 0 Å². The minimum atomic E-state index is -0.624. The molecule has 0 bridgehead atoms. The maximum absolute atomic E-state index is 12.0. The SMILES string of the molecule is Cc1ccccc1NC(=O)CCC(=O)OCC(=O)Nc1ccc(Br)c(Cl)c1C. The Morgan fingerprint density at radius 2 is 1.64 bits per heavy atom. The molecule has 2 aromatic carbocycles. The normalized spacial score (nSPS) is 10.3. The van der Waals surface area contributed by atoms with Gasteiger partial charge in [0.25, 0.3) is 5.91 Å². The number of benzene rings is 2. The van der Waals surface area contributed by atoms with Crippen LogP contribution < -0.4 is 10.6 Å². The van der Waals surface area contributed by atoms with Crippen LogP contribution in [-0.4, -0.2) is 24.4 Å². The van der Waals surface area contributed by atoms with Gasteiger partial charge in [-0.15, -0.1) is 0 Å². The van der Waals surface area contributed by atoms with Crippen molar-refractivity contribution < 1.29 is 19.1 Å². The fourth-order valence-corrected chi connectivity index (χ4v) is 2.93. The average molecular weight is 468 g/mol. The Labute approximate surface area is 176 Å². The lowest BCUT2D eigenvalue weighted by molar-refractivity contribution is -0.147. The summed E-state index contributed by atoms with van der Waals surface area (Å²) in [4.78, 5) is 35.7. The van der Waals surface area contributed by atoms with Crippen LogP contribution in [0, 0.1) is 13.8 Å². The summed E-state index contributed by atoms with van der Waals surface area (Å²) in [6, 6.07) is 10.8. The number of anilines is 2. The number of hydrogen-bond donors (Lipinski definition) is 2. The Morgan fingerprint density at radius 1 is 0.964 bits per heavy atom. The fourth-order valence-electron chi connectivity index (χ4n) is 2.33. The number of para-hydroxylation sites is 1. The predicted octanol–water partition coefficient (Wildman–Crippen LogP) is 4.62. The minimum absolute atomic E-state index is 0.0315. The van der Waals surface area contributed by atoms with Crippen LogP contribution in [-0.2, 0) is 19.1 Å². The van der Waals surface area contributed by atoms with E-state index in [1.807, 2.05) is 25.1 Å². The lowest BCUT2D eigenvalue weighted by atomic mass is 10.2. The first-order valence-corrected chi connectivity index (χ1v) is 9.70. The van der Waals surface area contributed by atoms with Gasteiger partial charge in [-0.3, -0.25) is 14.4 Å². The Bertz CT molecular complexity index is 902. The van der Waals surface area contributed by atoms with Crippen molar-refractivity contribution in [3.8, 4) is 0 Å². The standard InChI is InChI=1S/C20H20BrClN2O4/c1-12-5-3-4-6-15(12)23-17(25)9-10-19(27)28-11-18(26)24-16-8-7-14(21)20(22)13(16)2/h3-8H,9-11H2,1-2H3,(H,23,25)(H,24,26). The van der Waals surface area contributed by atoms with Gasteiger partial charge in [0.2, 0.25) is 5.91 Å². The molecule has 6 nitrogen and oxygen atoms in total. The number of esters is 1. The van der Waals surface area contributed by atoms with Gasteiger partial charge < -0.3 is 15.4 Å². The third-order valence-electron chi connectivity index (χ3n) is 3.95. The average Bonchev–Trinajstić information content (AvgIpc) is 2.67. The van der Waals surface area contributed by atoms with E-state index in [4.69, 9.17) is 16.3 Å². The molecule has 148 valence electrons. The maximum atomic E-state index is 12.0. The number of carbonyl (C=O) groups excluding carboxylic acids is 3. The highest BCUT2D eigenvalue weighted by molar-refractivity contribution is 9.10. The van der Waals surface area contributed by atoms with Crippen LogP contribution in [0.25, 0.3) is 0 Å². The van der Waals surface area contributed by atoms with Crippen LogP contribution in [0.5, 0.6) is 0 Å². The number of aryl methyl sites for hydroxylation is 1. The highest BCUT2D eigenvalue weighted by Crippen LogP contribution is 2.30. The van der Waals surface area contributed by atoms with Gasteiger partial charge in [0.1, 0.15) is 0 Å². The zero-order chi connectivity index (χ0) is 20.7. The Balaban J connectivity index is 1.75. The molecule has 28 heavy (non-hydrogen) atoms. The van der Waals surface area contributed by atoms with E-state index < -0.39 is 18.5 Å². The second-order valence-corrected chi connectivity index (χ2v) is 7.34. The summed E-state index contributed by atoms with van der Waals surface area (Å²) in [5, 5.41) is 5.87. The molecule has 0 aliphatic carbocycles. The van der Waals surface area contributed by atoms with Gasteiger partial charge >= 0.3 is 5.97 Å². The van der Waals surface area contributed by atoms with E-state index in [-0.39, 0.29) is 18.7 Å². The first-order valence-electron chi connectivity index (χ1n) is 8.53. The van der Waals surface area contributed by atoms with Crippen molar-refractivity contribution in [3.05, 3.63) is 57.0 Å². The molecule has 0 heterocycles. The molecular formula is C20H20BrClN2O4. The summed E-state index contributed by atoms with van der Waals surface area (Å²) in [5.74, 6) is -1.41. The molecular weight excluding hydrogens is 448 g/mol. The fraction of sp³-hybridized carbons (Fsp3) is 0.250. The van der Waals surface area contributed by atoms with Crippen molar-refractivity contribution in [3.63, 3.8) is 0 Å². The van der Waals surface area contributed by atoms with Crippen molar-refractivity contribution in [2.24, 2.45) is 0 Å². The molecule has 0 aliphatic heterocycles. The van der Waals surface area contributed by atoms with Crippen molar-refractivity contribution in [2.75, 3.05) is 17.2 Å². The molecule has 0 atom stereocenters. The van der Waals surface area contributed by atoms with Crippen molar-refractivity contribution in [1.82, 2.24) is 0 Å². The molecule has 2 amide bonds. The summed E-state index contributed by atoms with van der Waals surface area (Å²) in [5.41, 5.74) is 2.86. The summed E-state index contributed by atoms with van der Waals surface area (Å²) in [6.45, 7) is 3.20. The second kappa shape index (κ2) is 10.2. The molecule has 0 unspecified atom stereocenters. The molecule has 0 saturated carbocycles. The highest BCUT2D eigenvalue weighted by atomic mass is 79.9. The lowest BCUT2D eigenvalue weighted by Gasteiger charge is -2.11. The number of rotatable bonds is 7. The molecule has 2 N–H and O–H groups in total. The van der Waals surface area contributed by atoms with Gasteiger partial charge in [-0.05, 0) is 59.1 Å². The largest absolute Gasteiger partial charge is 0.456 e. The van der Waals surface area contributed by atoms with E-state index in [0.29, 0.717) is 22.0 Å². The van der Waals surface area contributed by atoms with Gasteiger partial charge in [-0.25, -0.2) is 0 Å². The van der Waals surface area contributed by atoms with Crippen LogP contribution in [0.3, 0.4) is 0 Å². The summed E-state index contributed by atoms with van der Waals surface area (Å²) >= 11 is 9.41. The van der Waals surface area contributed by atoms with Crippen LogP contribution in [0.2, 0.25) is 5.02 Å². The molecule has 0 aromatic heterocycles. The minimum Gasteiger partial charge on any atom is -0.456 e. The first kappa shape index (κ1) is 21.9. The van der Waals surface area contributed by atoms with Crippen LogP contribution in [0.1, 0.15) is 24.0 Å². The number of nitrogens with one attached hydrogen (secondary N) is 2. The number of ether oxygens (including phenoxy) is 1. The zero-order valence-corrected chi connectivity index (χ0v) is 17.8. The van der Waals surface area contributed by atoms with E-state index in [1.54, 1.807) is 25.1 Å². The second-order valence-electron chi connectivity index (χ2n) is 6.11. The zero-order valence-electron chi connectivity index (χ0n) is 15.5. The molecule has 0 radical (unpaired) electrons. The van der Waals surface area contributed by atoms with E-state index in [9.17, 15) is 14.4 Å². The quantitative estimate of drug-likeness (QED) is 0.582. The monoisotopic (exact) mass is 466 g/mol. The maximum Gasteiger partial charge on any atom is 0.306 e. The first-order chi connectivity index (χ1) is 13.3. The molecule has 2 aromatic rings. The lowest BCUT2D eigenvalue weighted by Crippen LogP contribution is -2.22. The summed E-state index contributed by atoms with van der Waals surface area (Å²) in [6.07, 6.45) is -0.148. The molecule has 0 fully saturated rings. The molecule has 0 spiro atoms. The van der Waals surface area contributed by atoms with E-state index >= 15 is 0 Å². The van der Waals surface area contributed by atoms with Crippen LogP contribution >= 0.6 is 27.5 Å². The van der Waals surface area contributed by atoms with Gasteiger partial charge in [-0.1, -0.05) is 29.8 Å². The van der Waals surface area contributed by atoms with Crippen molar-refractivity contribution >= 4 is 56.7 Å². The molecule has 0 aliphatic rings. The number of carbonyl (C=O) groups is 3. The van der Waals surface area contributed by atoms with E-state index in [2.05, 4.69) is 26.6 Å². The number of amides is 2. The van der Waals surface area contributed by atoms with Gasteiger partial charge in [0.05, 0.1) is 11.4 Å². The molecule has 8 heteroatoms. The van der Waals surface area contributed by atoms with Gasteiger partial charge in [-0.2, -0.15) is 0 Å². The topological polar surface area (TPSA) is 84.5 Å². The number of halogens is 2. The summed E-state index contributed by atoms with van der Waals surface area (Å²) < 4.78 is 5.64. The van der Waals surface area contributed by atoms with Crippen molar-refractivity contribution in [2.45, 2.75) is 26.7 Å². The molecule has 0 saturated heterocycles. The van der Waals surface area contributed by atoms with Crippen LogP contribution in [0.15, 0.2) is 40.9 Å². The predicted molar refractivity (Wildman–Crippen MR) is 113 cm³/mol. The van der Waals surface area contributed by atoms with E-state index in [0.717, 1.165) is 10.0 Å².